The second kappa shape index (κ2) is 6.94. The Morgan fingerprint density at radius 1 is 1.07 bits per heavy atom. The van der Waals surface area contributed by atoms with Gasteiger partial charge < -0.3 is 14.8 Å². The number of anilines is 2. The molecule has 1 aromatic carbocycles. The fourth-order valence-electron chi connectivity index (χ4n) is 6.25. The van der Waals surface area contributed by atoms with Crippen molar-refractivity contribution in [1.82, 2.24) is 9.78 Å². The van der Waals surface area contributed by atoms with Crippen LogP contribution in [0.25, 0.3) is 0 Å². The smallest absolute Gasteiger partial charge is 0.288 e. The minimum atomic E-state index is -0.195. The van der Waals surface area contributed by atoms with Gasteiger partial charge in [-0.3, -0.25) is 4.79 Å². The zero-order valence-electron chi connectivity index (χ0n) is 16.8. The van der Waals surface area contributed by atoms with Gasteiger partial charge in [-0.25, -0.2) is 4.68 Å². The Balaban J connectivity index is 1.46. The van der Waals surface area contributed by atoms with E-state index in [4.69, 9.17) is 21.1 Å². The molecule has 6 rings (SSSR count). The Morgan fingerprint density at radius 3 is 2.28 bits per heavy atom. The molecule has 0 saturated heterocycles. The molecule has 154 valence electrons. The van der Waals surface area contributed by atoms with E-state index in [9.17, 15) is 4.79 Å². The largest absolute Gasteiger partial charge is 0.493 e. The highest BCUT2D eigenvalue weighted by atomic mass is 35.5. The van der Waals surface area contributed by atoms with Crippen molar-refractivity contribution in [2.75, 3.05) is 19.5 Å². The minimum Gasteiger partial charge on any atom is -0.493 e. The van der Waals surface area contributed by atoms with Gasteiger partial charge in [0.2, 0.25) is 0 Å². The van der Waals surface area contributed by atoms with E-state index in [0.29, 0.717) is 17.2 Å². The van der Waals surface area contributed by atoms with Crippen molar-refractivity contribution in [3.63, 3.8) is 0 Å². The van der Waals surface area contributed by atoms with E-state index in [1.165, 1.54) is 19.3 Å². The van der Waals surface area contributed by atoms with Crippen LogP contribution in [0.15, 0.2) is 29.2 Å². The first kappa shape index (κ1) is 18.8. The van der Waals surface area contributed by atoms with E-state index >= 15 is 0 Å². The van der Waals surface area contributed by atoms with Crippen LogP contribution in [0, 0.1) is 17.8 Å². The van der Waals surface area contributed by atoms with Gasteiger partial charge in [0.15, 0.2) is 11.5 Å². The summed E-state index contributed by atoms with van der Waals surface area (Å²) in [7, 11) is 3.18. The van der Waals surface area contributed by atoms with Crippen LogP contribution < -0.4 is 20.3 Å². The summed E-state index contributed by atoms with van der Waals surface area (Å²) in [5.41, 5.74) is 0.916. The highest BCUT2D eigenvalue weighted by Gasteiger charge is 2.53. The zero-order valence-corrected chi connectivity index (χ0v) is 17.5. The van der Waals surface area contributed by atoms with Crippen molar-refractivity contribution < 1.29 is 9.47 Å². The summed E-state index contributed by atoms with van der Waals surface area (Å²) in [6, 6.07) is 5.46. The fourth-order valence-corrected chi connectivity index (χ4v) is 6.43. The molecule has 4 aliphatic carbocycles. The van der Waals surface area contributed by atoms with Gasteiger partial charge in [-0.1, -0.05) is 11.6 Å². The topological polar surface area (TPSA) is 65.4 Å². The third-order valence-corrected chi connectivity index (χ3v) is 7.40. The second-order valence-electron chi connectivity index (χ2n) is 8.93. The standard InChI is InChI=1S/C22H26ClN3O3/c1-28-18-4-3-16(8-19(18)29-2)25-17-12-24-26(21(27)20(17)23)22-9-13-5-14(10-22)7-15(6-13)11-22/h3-4,8,12-15,25H,5-7,9-11H2,1-2H3. The van der Waals surface area contributed by atoms with Crippen LogP contribution >= 0.6 is 11.6 Å². The van der Waals surface area contributed by atoms with Gasteiger partial charge >= 0.3 is 0 Å². The molecule has 4 fully saturated rings. The molecule has 0 radical (unpaired) electrons. The van der Waals surface area contributed by atoms with E-state index in [0.717, 1.165) is 42.7 Å². The molecular weight excluding hydrogens is 390 g/mol. The van der Waals surface area contributed by atoms with Crippen LogP contribution in [0.2, 0.25) is 5.02 Å². The third-order valence-electron chi connectivity index (χ3n) is 7.04. The third kappa shape index (κ3) is 3.08. The highest BCUT2D eigenvalue weighted by Crippen LogP contribution is 2.58. The number of methoxy groups -OCH3 is 2. The lowest BCUT2D eigenvalue weighted by atomic mass is 9.53. The molecule has 2 aromatic rings. The molecule has 7 heteroatoms. The van der Waals surface area contributed by atoms with Crippen LogP contribution in [0.5, 0.6) is 11.5 Å². The molecule has 4 bridgehead atoms. The molecule has 29 heavy (non-hydrogen) atoms. The average Bonchev–Trinajstić information content (AvgIpc) is 2.70. The van der Waals surface area contributed by atoms with Crippen molar-refractivity contribution in [2.45, 2.75) is 44.1 Å². The molecule has 0 aliphatic heterocycles. The van der Waals surface area contributed by atoms with Gasteiger partial charge in [-0.2, -0.15) is 5.10 Å². The molecule has 4 aliphatic rings. The molecule has 0 unspecified atom stereocenters. The number of nitrogens with zero attached hydrogens (tertiary/aromatic N) is 2. The van der Waals surface area contributed by atoms with E-state index in [1.807, 2.05) is 6.07 Å². The van der Waals surface area contributed by atoms with Gasteiger partial charge in [-0.05, 0) is 68.4 Å². The number of rotatable bonds is 5. The van der Waals surface area contributed by atoms with E-state index < -0.39 is 0 Å². The van der Waals surface area contributed by atoms with Crippen LogP contribution in [0.3, 0.4) is 0 Å². The molecule has 4 saturated carbocycles. The van der Waals surface area contributed by atoms with Gasteiger partial charge in [0.1, 0.15) is 5.02 Å². The first-order chi connectivity index (χ1) is 14.0. The van der Waals surface area contributed by atoms with Crippen molar-refractivity contribution in [3.05, 3.63) is 39.8 Å². The monoisotopic (exact) mass is 415 g/mol. The lowest BCUT2D eigenvalue weighted by Gasteiger charge is -2.56. The molecule has 0 amide bonds. The van der Waals surface area contributed by atoms with Crippen LogP contribution in [0.4, 0.5) is 11.4 Å². The lowest BCUT2D eigenvalue weighted by Crippen LogP contribution is -2.55. The quantitative estimate of drug-likeness (QED) is 0.774. The summed E-state index contributed by atoms with van der Waals surface area (Å²) in [5.74, 6) is 3.44. The van der Waals surface area contributed by atoms with Gasteiger partial charge in [-0.15, -0.1) is 0 Å². The highest BCUT2D eigenvalue weighted by molar-refractivity contribution is 6.33. The van der Waals surface area contributed by atoms with Crippen molar-refractivity contribution in [3.8, 4) is 11.5 Å². The molecule has 1 N–H and O–H groups in total. The molecular formula is C22H26ClN3O3. The Morgan fingerprint density at radius 2 is 1.69 bits per heavy atom. The Labute approximate surface area is 175 Å². The fraction of sp³-hybridized carbons (Fsp3) is 0.545. The number of aromatic nitrogens is 2. The predicted octanol–water partition coefficient (Wildman–Crippen LogP) is 4.58. The number of hydrogen-bond acceptors (Lipinski definition) is 5. The van der Waals surface area contributed by atoms with Crippen molar-refractivity contribution in [1.29, 1.82) is 0 Å². The number of benzene rings is 1. The van der Waals surface area contributed by atoms with Crippen molar-refractivity contribution in [2.24, 2.45) is 17.8 Å². The molecule has 6 nitrogen and oxygen atoms in total. The van der Waals surface area contributed by atoms with Crippen LogP contribution in [0.1, 0.15) is 38.5 Å². The van der Waals surface area contributed by atoms with Crippen molar-refractivity contribution >= 4 is 23.0 Å². The first-order valence-electron chi connectivity index (χ1n) is 10.3. The Bertz CT molecular complexity index is 968. The van der Waals surface area contributed by atoms with Gasteiger partial charge in [0.25, 0.3) is 5.56 Å². The summed E-state index contributed by atoms with van der Waals surface area (Å²) >= 11 is 6.53. The number of hydrogen-bond donors (Lipinski definition) is 1. The lowest BCUT2D eigenvalue weighted by molar-refractivity contribution is -0.0518. The second-order valence-corrected chi connectivity index (χ2v) is 9.30. The number of halogens is 1. The van der Waals surface area contributed by atoms with Gasteiger partial charge in [0.05, 0.1) is 31.6 Å². The molecule has 1 aromatic heterocycles. The predicted molar refractivity (Wildman–Crippen MR) is 112 cm³/mol. The molecule has 0 spiro atoms. The minimum absolute atomic E-state index is 0.142. The van der Waals surface area contributed by atoms with E-state index in [1.54, 1.807) is 37.2 Å². The van der Waals surface area contributed by atoms with E-state index in [-0.39, 0.29) is 16.1 Å². The maximum Gasteiger partial charge on any atom is 0.288 e. The summed E-state index contributed by atoms with van der Waals surface area (Å²) in [6.07, 6.45) is 8.82. The normalized spacial score (nSPS) is 29.7. The van der Waals surface area contributed by atoms with Gasteiger partial charge in [0, 0.05) is 11.8 Å². The van der Waals surface area contributed by atoms with E-state index in [2.05, 4.69) is 10.4 Å². The van der Waals surface area contributed by atoms with Crippen LogP contribution in [-0.2, 0) is 5.54 Å². The molecule has 1 heterocycles. The SMILES string of the molecule is COc1ccc(Nc2cnn(C34CC5CC(CC(C5)C3)C4)c(=O)c2Cl)cc1OC. The zero-order chi connectivity index (χ0) is 20.2. The number of nitrogens with one attached hydrogen (secondary N) is 1. The maximum absolute atomic E-state index is 13.2. The van der Waals surface area contributed by atoms with Crippen LogP contribution in [-0.4, -0.2) is 24.0 Å². The summed E-state index contributed by atoms with van der Waals surface area (Å²) in [6.45, 7) is 0. The Hall–Kier alpha value is -2.21. The summed E-state index contributed by atoms with van der Waals surface area (Å²) in [5, 5.41) is 7.99. The summed E-state index contributed by atoms with van der Waals surface area (Å²) < 4.78 is 12.3. The summed E-state index contributed by atoms with van der Waals surface area (Å²) in [4.78, 5) is 13.2. The average molecular weight is 416 g/mol. The molecule has 0 atom stereocenters. The Kier molecular flexibility index (Phi) is 4.50. The number of ether oxygens (including phenoxy) is 2. The maximum atomic E-state index is 13.2. The first-order valence-corrected chi connectivity index (χ1v) is 10.7.